The van der Waals surface area contributed by atoms with Crippen molar-refractivity contribution in [3.8, 4) is 11.3 Å². The zero-order valence-corrected chi connectivity index (χ0v) is 12.3. The molecule has 3 heteroatoms. The molecule has 0 saturated carbocycles. The summed E-state index contributed by atoms with van der Waals surface area (Å²) < 4.78 is 10.8. The van der Waals surface area contributed by atoms with Crippen LogP contribution in [-0.4, -0.2) is 13.1 Å². The zero-order valence-electron chi connectivity index (χ0n) is 12.3. The Kier molecular flexibility index (Phi) is 4.05. The minimum atomic E-state index is -0.378. The third-order valence-corrected chi connectivity index (χ3v) is 3.48. The highest BCUT2D eigenvalue weighted by Crippen LogP contribution is 2.27. The van der Waals surface area contributed by atoms with E-state index >= 15 is 0 Å². The van der Waals surface area contributed by atoms with Gasteiger partial charge in [0.25, 0.3) is 0 Å². The van der Waals surface area contributed by atoms with E-state index in [2.05, 4.69) is 0 Å². The molecule has 3 rings (SSSR count). The van der Waals surface area contributed by atoms with E-state index in [1.165, 1.54) is 7.11 Å². The van der Waals surface area contributed by atoms with Gasteiger partial charge in [0, 0.05) is 12.0 Å². The summed E-state index contributed by atoms with van der Waals surface area (Å²) in [5, 5.41) is 0. The van der Waals surface area contributed by atoms with E-state index < -0.39 is 0 Å². The quantitative estimate of drug-likeness (QED) is 0.672. The number of hydrogen-bond donors (Lipinski definition) is 0. The van der Waals surface area contributed by atoms with Crippen molar-refractivity contribution >= 4 is 5.97 Å². The van der Waals surface area contributed by atoms with Gasteiger partial charge in [-0.2, -0.15) is 0 Å². The number of methoxy groups -OCH3 is 1. The molecule has 0 aliphatic heterocycles. The maximum absolute atomic E-state index is 12.0. The van der Waals surface area contributed by atoms with Crippen LogP contribution in [0.5, 0.6) is 0 Å². The summed E-state index contributed by atoms with van der Waals surface area (Å²) in [4.78, 5) is 12.0. The summed E-state index contributed by atoms with van der Waals surface area (Å²) in [5.74, 6) is 0.917. The van der Waals surface area contributed by atoms with Gasteiger partial charge < -0.3 is 9.15 Å². The predicted octanol–water partition coefficient (Wildman–Crippen LogP) is 4.32. The van der Waals surface area contributed by atoms with Crippen molar-refractivity contribution < 1.29 is 13.9 Å². The van der Waals surface area contributed by atoms with Gasteiger partial charge in [-0.25, -0.2) is 4.79 Å². The molecule has 22 heavy (non-hydrogen) atoms. The molecule has 1 heterocycles. The van der Waals surface area contributed by atoms with E-state index in [-0.39, 0.29) is 5.97 Å². The molecule has 0 saturated heterocycles. The first-order valence-electron chi connectivity index (χ1n) is 7.08. The second kappa shape index (κ2) is 6.31. The molecule has 0 atom stereocenters. The van der Waals surface area contributed by atoms with Crippen LogP contribution in [-0.2, 0) is 11.2 Å². The number of esters is 1. The monoisotopic (exact) mass is 292 g/mol. The van der Waals surface area contributed by atoms with Crippen LogP contribution in [0.3, 0.4) is 0 Å². The van der Waals surface area contributed by atoms with Gasteiger partial charge in [0.15, 0.2) is 0 Å². The number of rotatable bonds is 4. The third kappa shape index (κ3) is 2.93. The van der Waals surface area contributed by atoms with Gasteiger partial charge in [-0.15, -0.1) is 0 Å². The van der Waals surface area contributed by atoms with Gasteiger partial charge in [0.1, 0.15) is 17.1 Å². The van der Waals surface area contributed by atoms with Crippen molar-refractivity contribution in [2.75, 3.05) is 7.11 Å². The predicted molar refractivity (Wildman–Crippen MR) is 84.7 cm³/mol. The van der Waals surface area contributed by atoms with E-state index in [0.717, 1.165) is 11.1 Å². The highest BCUT2D eigenvalue weighted by atomic mass is 16.5. The lowest BCUT2D eigenvalue weighted by atomic mass is 10.1. The number of carbonyl (C=O) groups is 1. The molecule has 0 N–H and O–H groups in total. The van der Waals surface area contributed by atoms with Crippen molar-refractivity contribution in [3.63, 3.8) is 0 Å². The molecule has 2 aromatic carbocycles. The average molecular weight is 292 g/mol. The molecular formula is C19H16O3. The van der Waals surface area contributed by atoms with E-state index in [0.29, 0.717) is 23.5 Å². The first-order chi connectivity index (χ1) is 10.8. The minimum absolute atomic E-state index is 0.378. The van der Waals surface area contributed by atoms with Crippen molar-refractivity contribution in [1.29, 1.82) is 0 Å². The van der Waals surface area contributed by atoms with Gasteiger partial charge in [-0.3, -0.25) is 0 Å². The minimum Gasteiger partial charge on any atom is -0.465 e. The summed E-state index contributed by atoms with van der Waals surface area (Å²) in [5.41, 5.74) is 2.50. The Morgan fingerprint density at radius 3 is 2.27 bits per heavy atom. The number of furan rings is 1. The van der Waals surface area contributed by atoms with Crippen molar-refractivity contribution in [2.24, 2.45) is 0 Å². The van der Waals surface area contributed by atoms with Crippen molar-refractivity contribution in [1.82, 2.24) is 0 Å². The molecule has 0 bridgehead atoms. The second-order valence-electron chi connectivity index (χ2n) is 4.97. The van der Waals surface area contributed by atoms with Gasteiger partial charge >= 0.3 is 5.97 Å². The second-order valence-corrected chi connectivity index (χ2v) is 4.97. The van der Waals surface area contributed by atoms with Crippen LogP contribution in [0.2, 0.25) is 0 Å². The Morgan fingerprint density at radius 2 is 1.64 bits per heavy atom. The maximum Gasteiger partial charge on any atom is 0.341 e. The summed E-state index contributed by atoms with van der Waals surface area (Å²) in [6, 6.07) is 21.4. The van der Waals surface area contributed by atoms with E-state index in [1.54, 1.807) is 6.07 Å². The summed E-state index contributed by atoms with van der Waals surface area (Å²) >= 11 is 0. The normalized spacial score (nSPS) is 10.4. The zero-order chi connectivity index (χ0) is 15.4. The molecular weight excluding hydrogens is 276 g/mol. The van der Waals surface area contributed by atoms with E-state index in [4.69, 9.17) is 9.15 Å². The standard InChI is InChI=1S/C19H16O3/c1-21-19(20)16-13-17(15-10-6-3-7-11-15)22-18(16)12-14-8-4-2-5-9-14/h2-11,13H,12H2,1H3. The van der Waals surface area contributed by atoms with E-state index in [1.807, 2.05) is 60.7 Å². The van der Waals surface area contributed by atoms with Crippen LogP contribution in [0, 0.1) is 0 Å². The first kappa shape index (κ1) is 14.1. The Balaban J connectivity index is 2.00. The summed E-state index contributed by atoms with van der Waals surface area (Å²) in [6.07, 6.45) is 0.554. The average Bonchev–Trinajstić information content (AvgIpc) is 3.00. The number of hydrogen-bond acceptors (Lipinski definition) is 3. The van der Waals surface area contributed by atoms with E-state index in [9.17, 15) is 4.79 Å². The molecule has 0 amide bonds. The maximum atomic E-state index is 12.0. The van der Waals surface area contributed by atoms with Crippen molar-refractivity contribution in [2.45, 2.75) is 6.42 Å². The fourth-order valence-electron chi connectivity index (χ4n) is 2.37. The van der Waals surface area contributed by atoms with Crippen LogP contribution in [0.1, 0.15) is 21.7 Å². The lowest BCUT2D eigenvalue weighted by Crippen LogP contribution is -2.03. The molecule has 0 radical (unpaired) electrons. The van der Waals surface area contributed by atoms with Gasteiger partial charge in [-0.05, 0) is 11.6 Å². The highest BCUT2D eigenvalue weighted by Gasteiger charge is 2.19. The Morgan fingerprint density at radius 1 is 1.00 bits per heavy atom. The van der Waals surface area contributed by atoms with Crippen molar-refractivity contribution in [3.05, 3.63) is 83.6 Å². The Bertz CT molecular complexity index is 758. The lowest BCUT2D eigenvalue weighted by molar-refractivity contribution is 0.0598. The van der Waals surface area contributed by atoms with Gasteiger partial charge in [0.05, 0.1) is 7.11 Å². The Hall–Kier alpha value is -2.81. The van der Waals surface area contributed by atoms with Crippen LogP contribution in [0.25, 0.3) is 11.3 Å². The van der Waals surface area contributed by atoms with Crippen LogP contribution < -0.4 is 0 Å². The fourth-order valence-corrected chi connectivity index (χ4v) is 2.37. The third-order valence-electron chi connectivity index (χ3n) is 3.48. The smallest absolute Gasteiger partial charge is 0.341 e. The summed E-state index contributed by atoms with van der Waals surface area (Å²) in [6.45, 7) is 0. The molecule has 110 valence electrons. The SMILES string of the molecule is COC(=O)c1cc(-c2ccccc2)oc1Cc1ccccc1. The largest absolute Gasteiger partial charge is 0.465 e. The molecule has 0 spiro atoms. The lowest BCUT2D eigenvalue weighted by Gasteiger charge is -2.01. The first-order valence-corrected chi connectivity index (χ1v) is 7.08. The van der Waals surface area contributed by atoms with Crippen LogP contribution in [0.15, 0.2) is 71.1 Å². The highest BCUT2D eigenvalue weighted by molar-refractivity contribution is 5.92. The summed E-state index contributed by atoms with van der Waals surface area (Å²) in [7, 11) is 1.38. The fraction of sp³-hybridized carbons (Fsp3) is 0.105. The molecule has 3 nitrogen and oxygen atoms in total. The molecule has 0 fully saturated rings. The van der Waals surface area contributed by atoms with Gasteiger partial charge in [0.2, 0.25) is 0 Å². The van der Waals surface area contributed by atoms with Gasteiger partial charge in [-0.1, -0.05) is 60.7 Å². The molecule has 0 unspecified atom stereocenters. The van der Waals surface area contributed by atoms with Crippen LogP contribution >= 0.6 is 0 Å². The number of ether oxygens (including phenoxy) is 1. The van der Waals surface area contributed by atoms with Crippen LogP contribution in [0.4, 0.5) is 0 Å². The Labute approximate surface area is 129 Å². The molecule has 0 aliphatic rings. The number of carbonyl (C=O) groups excluding carboxylic acids is 1. The molecule has 3 aromatic rings. The molecule has 1 aromatic heterocycles. The topological polar surface area (TPSA) is 39.4 Å². The number of benzene rings is 2. The molecule has 0 aliphatic carbocycles.